The Kier molecular flexibility index (Phi) is 11.4. The highest BCUT2D eigenvalue weighted by Crippen LogP contribution is 2.19. The number of nitrogens with one attached hydrogen (secondary N) is 1. The number of amides is 1. The second kappa shape index (κ2) is 13.2. The molecule has 0 aliphatic rings. The number of carbonyl (C=O) groups is 1. The van der Waals surface area contributed by atoms with E-state index in [1.807, 2.05) is 59.5 Å². The molecule has 0 radical (unpaired) electrons. The third-order valence-corrected chi connectivity index (χ3v) is 5.05. The van der Waals surface area contributed by atoms with Crippen LogP contribution in [0.4, 0.5) is 0 Å². The first-order valence-corrected chi connectivity index (χ1v) is 9.85. The summed E-state index contributed by atoms with van der Waals surface area (Å²) >= 11 is 1.58. The molecule has 0 bridgehead atoms. The molecule has 3 N–H and O–H groups in total. The normalized spacial score (nSPS) is 9.97. The number of aromatic nitrogens is 3. The Balaban J connectivity index is 0.00000210. The maximum atomic E-state index is 13.0. The lowest BCUT2D eigenvalue weighted by atomic mass is 10.1. The monoisotopic (exact) mass is 453 g/mol. The summed E-state index contributed by atoms with van der Waals surface area (Å²) in [5.74, 6) is 0.798. The Morgan fingerprint density at radius 3 is 2.38 bits per heavy atom. The van der Waals surface area contributed by atoms with E-state index < -0.39 is 0 Å². The molecule has 0 fully saturated rings. The average Bonchev–Trinajstić information content (AvgIpc) is 3.24. The molecule has 0 saturated carbocycles. The molecule has 0 spiro atoms. The molecule has 3 aromatic rings. The SMILES string of the molecule is Cl.Cl.NCCCN(Cc1ccccc1)C(=O)c1ccc(CSc2ncn[nH]2)cc1. The van der Waals surface area contributed by atoms with Crippen LogP contribution in [0, 0.1) is 0 Å². The first-order chi connectivity index (χ1) is 13.3. The number of halogens is 2. The molecule has 0 saturated heterocycles. The summed E-state index contributed by atoms with van der Waals surface area (Å²) in [4.78, 5) is 18.9. The minimum absolute atomic E-state index is 0. The van der Waals surface area contributed by atoms with Crippen LogP contribution in [-0.4, -0.2) is 39.1 Å². The molecular formula is C20H25Cl2N5OS. The van der Waals surface area contributed by atoms with Crippen LogP contribution in [0.15, 0.2) is 66.1 Å². The molecule has 1 aromatic heterocycles. The molecule has 0 unspecified atom stereocenters. The largest absolute Gasteiger partial charge is 0.334 e. The second-order valence-corrected chi connectivity index (χ2v) is 7.09. The van der Waals surface area contributed by atoms with Gasteiger partial charge in [0.15, 0.2) is 5.16 Å². The summed E-state index contributed by atoms with van der Waals surface area (Å²) < 4.78 is 0. The minimum Gasteiger partial charge on any atom is -0.334 e. The van der Waals surface area contributed by atoms with Crippen molar-refractivity contribution in [3.05, 3.63) is 77.6 Å². The van der Waals surface area contributed by atoms with Gasteiger partial charge in [0.05, 0.1) is 0 Å². The van der Waals surface area contributed by atoms with Crippen molar-refractivity contribution in [2.45, 2.75) is 23.9 Å². The van der Waals surface area contributed by atoms with E-state index in [1.165, 1.54) is 6.33 Å². The number of thioether (sulfide) groups is 1. The lowest BCUT2D eigenvalue weighted by Crippen LogP contribution is -2.32. The van der Waals surface area contributed by atoms with Crippen LogP contribution in [0.5, 0.6) is 0 Å². The molecule has 0 aliphatic heterocycles. The Hall–Kier alpha value is -2.06. The van der Waals surface area contributed by atoms with Crippen molar-refractivity contribution in [2.75, 3.05) is 13.1 Å². The molecule has 156 valence electrons. The van der Waals surface area contributed by atoms with E-state index in [1.54, 1.807) is 11.8 Å². The standard InChI is InChI=1S/C20H23N5OS.2ClH/c21-11-4-12-25(13-16-5-2-1-3-6-16)19(26)18-9-7-17(8-10-18)14-27-20-22-15-23-24-20;;/h1-3,5-10,15H,4,11-14,21H2,(H,22,23,24);2*1H. The average molecular weight is 454 g/mol. The van der Waals surface area contributed by atoms with Gasteiger partial charge in [-0.1, -0.05) is 54.2 Å². The van der Waals surface area contributed by atoms with E-state index in [2.05, 4.69) is 15.2 Å². The van der Waals surface area contributed by atoms with E-state index in [9.17, 15) is 4.79 Å². The quantitative estimate of drug-likeness (QED) is 0.479. The molecular weight excluding hydrogens is 429 g/mol. The molecule has 29 heavy (non-hydrogen) atoms. The van der Waals surface area contributed by atoms with Crippen LogP contribution < -0.4 is 5.73 Å². The summed E-state index contributed by atoms with van der Waals surface area (Å²) in [6, 6.07) is 17.8. The van der Waals surface area contributed by atoms with Gasteiger partial charge in [-0.05, 0) is 36.2 Å². The van der Waals surface area contributed by atoms with Gasteiger partial charge in [-0.3, -0.25) is 9.89 Å². The maximum Gasteiger partial charge on any atom is 0.254 e. The van der Waals surface area contributed by atoms with Gasteiger partial charge in [-0.15, -0.1) is 24.8 Å². The zero-order valence-electron chi connectivity index (χ0n) is 15.9. The summed E-state index contributed by atoms with van der Waals surface area (Å²) in [5, 5.41) is 7.44. The molecule has 2 aromatic carbocycles. The van der Waals surface area contributed by atoms with Gasteiger partial charge in [0.2, 0.25) is 0 Å². The van der Waals surface area contributed by atoms with Gasteiger partial charge < -0.3 is 10.6 Å². The van der Waals surface area contributed by atoms with Gasteiger partial charge in [0.25, 0.3) is 5.91 Å². The smallest absolute Gasteiger partial charge is 0.254 e. The molecule has 0 aliphatic carbocycles. The van der Waals surface area contributed by atoms with E-state index in [0.29, 0.717) is 25.2 Å². The van der Waals surface area contributed by atoms with Gasteiger partial charge in [-0.25, -0.2) is 4.98 Å². The third kappa shape index (κ3) is 7.70. The van der Waals surface area contributed by atoms with Crippen molar-refractivity contribution in [3.63, 3.8) is 0 Å². The number of benzene rings is 2. The number of nitrogens with zero attached hydrogens (tertiary/aromatic N) is 3. The van der Waals surface area contributed by atoms with E-state index in [0.717, 1.165) is 28.5 Å². The number of aromatic amines is 1. The Morgan fingerprint density at radius 1 is 1.03 bits per heavy atom. The van der Waals surface area contributed by atoms with Gasteiger partial charge in [0.1, 0.15) is 6.33 Å². The van der Waals surface area contributed by atoms with Crippen LogP contribution in [-0.2, 0) is 12.3 Å². The van der Waals surface area contributed by atoms with Crippen molar-refractivity contribution >= 4 is 42.5 Å². The molecule has 3 rings (SSSR count). The van der Waals surface area contributed by atoms with Crippen LogP contribution in [0.1, 0.15) is 27.9 Å². The summed E-state index contributed by atoms with van der Waals surface area (Å²) in [5.41, 5.74) is 8.58. The number of rotatable bonds is 9. The van der Waals surface area contributed by atoms with Crippen molar-refractivity contribution < 1.29 is 4.79 Å². The Labute approximate surface area is 187 Å². The topological polar surface area (TPSA) is 87.9 Å². The van der Waals surface area contributed by atoms with Gasteiger partial charge in [-0.2, -0.15) is 5.10 Å². The molecule has 1 amide bonds. The lowest BCUT2D eigenvalue weighted by molar-refractivity contribution is 0.0742. The van der Waals surface area contributed by atoms with Gasteiger partial charge >= 0.3 is 0 Å². The van der Waals surface area contributed by atoms with E-state index in [4.69, 9.17) is 5.73 Å². The molecule has 0 atom stereocenters. The highest BCUT2D eigenvalue weighted by Gasteiger charge is 2.16. The summed E-state index contributed by atoms with van der Waals surface area (Å²) in [7, 11) is 0. The number of hydrogen-bond acceptors (Lipinski definition) is 5. The Bertz CT molecular complexity index is 832. The summed E-state index contributed by atoms with van der Waals surface area (Å²) in [6.07, 6.45) is 2.28. The van der Waals surface area contributed by atoms with Gasteiger partial charge in [0, 0.05) is 24.4 Å². The van der Waals surface area contributed by atoms with Crippen LogP contribution in [0.3, 0.4) is 0 Å². The molecule has 1 heterocycles. The number of nitrogens with two attached hydrogens (primary N) is 1. The number of carbonyl (C=O) groups excluding carboxylic acids is 1. The maximum absolute atomic E-state index is 13.0. The summed E-state index contributed by atoms with van der Waals surface area (Å²) in [6.45, 7) is 1.80. The number of hydrogen-bond donors (Lipinski definition) is 2. The predicted octanol–water partition coefficient (Wildman–Crippen LogP) is 3.93. The van der Waals surface area contributed by atoms with Crippen molar-refractivity contribution in [2.24, 2.45) is 5.73 Å². The minimum atomic E-state index is 0. The molecule has 6 nitrogen and oxygen atoms in total. The highest BCUT2D eigenvalue weighted by molar-refractivity contribution is 7.98. The van der Waals surface area contributed by atoms with Crippen LogP contribution >= 0.6 is 36.6 Å². The first kappa shape index (κ1) is 25.0. The van der Waals surface area contributed by atoms with Crippen molar-refractivity contribution in [3.8, 4) is 0 Å². The van der Waals surface area contributed by atoms with Crippen molar-refractivity contribution in [1.82, 2.24) is 20.1 Å². The number of H-pyrrole nitrogens is 1. The van der Waals surface area contributed by atoms with Crippen LogP contribution in [0.2, 0.25) is 0 Å². The fourth-order valence-electron chi connectivity index (χ4n) is 2.68. The first-order valence-electron chi connectivity index (χ1n) is 8.86. The Morgan fingerprint density at radius 2 is 1.76 bits per heavy atom. The fraction of sp³-hybridized carbons (Fsp3) is 0.250. The second-order valence-electron chi connectivity index (χ2n) is 6.13. The van der Waals surface area contributed by atoms with E-state index >= 15 is 0 Å². The molecule has 9 heteroatoms. The highest BCUT2D eigenvalue weighted by atomic mass is 35.5. The zero-order valence-corrected chi connectivity index (χ0v) is 18.3. The van der Waals surface area contributed by atoms with E-state index in [-0.39, 0.29) is 30.7 Å². The lowest BCUT2D eigenvalue weighted by Gasteiger charge is -2.23. The van der Waals surface area contributed by atoms with Crippen molar-refractivity contribution in [1.29, 1.82) is 0 Å². The third-order valence-electron chi connectivity index (χ3n) is 4.10. The zero-order chi connectivity index (χ0) is 18.9. The fourth-order valence-corrected chi connectivity index (χ4v) is 3.41. The van der Waals surface area contributed by atoms with Crippen LogP contribution in [0.25, 0.3) is 0 Å². The predicted molar refractivity (Wildman–Crippen MR) is 122 cm³/mol.